The predicted octanol–water partition coefficient (Wildman–Crippen LogP) is 6.18. The number of ether oxygens (including phenoxy) is 1. The number of carbonyl (C=O) groups excluding carboxylic acids is 3. The van der Waals surface area contributed by atoms with Gasteiger partial charge in [0.05, 0.1) is 35.8 Å². The average Bonchev–Trinajstić information content (AvgIpc) is 3.56. The topological polar surface area (TPSA) is 87.1 Å². The molecule has 0 aliphatic carbocycles. The van der Waals surface area contributed by atoms with Crippen LogP contribution in [-0.4, -0.2) is 84.9 Å². The molecule has 45 heavy (non-hydrogen) atoms. The summed E-state index contributed by atoms with van der Waals surface area (Å²) in [5, 5.41) is 10.6. The van der Waals surface area contributed by atoms with Gasteiger partial charge in [0, 0.05) is 22.2 Å². The Labute approximate surface area is 282 Å². The molecule has 3 saturated heterocycles. The summed E-state index contributed by atoms with van der Waals surface area (Å²) in [5.74, 6) is -2.15. The number of allylic oxidation sites excluding steroid dienone is 1. The molecule has 0 radical (unpaired) electrons. The summed E-state index contributed by atoms with van der Waals surface area (Å²) in [6, 6.07) is 8.25. The molecule has 7 nitrogen and oxygen atoms in total. The van der Waals surface area contributed by atoms with Crippen molar-refractivity contribution in [1.29, 1.82) is 0 Å². The standard InChI is InChI=1S/C36H51BrN2O5S/c1-8-10-11-15-19-44-33(43)27-28-31(41)39(25(22-40)20-24-16-13-12-14-17-24)30(36(28)21-26(37)29(27)45-36)32(42)38(18-9-2)35(6,7)23-34(3,4)5/h8-9,12-14,16-17,25-30,40H,1-2,10-11,15,18-23H2,3-7H3/t25-,26?,27+,28+,29+,30?,36?/m1/s1. The number of hydrogen-bond donors (Lipinski definition) is 1. The maximum atomic E-state index is 15.1. The fourth-order valence-corrected chi connectivity index (χ4v) is 11.7. The number of fused-ring (bicyclic) bond motifs is 1. The van der Waals surface area contributed by atoms with Gasteiger partial charge in [0.25, 0.3) is 0 Å². The Kier molecular flexibility index (Phi) is 11.4. The van der Waals surface area contributed by atoms with Gasteiger partial charge >= 0.3 is 5.97 Å². The van der Waals surface area contributed by atoms with Crippen molar-refractivity contribution in [3.8, 4) is 0 Å². The van der Waals surface area contributed by atoms with Crippen LogP contribution in [-0.2, 0) is 25.5 Å². The van der Waals surface area contributed by atoms with Crippen LogP contribution in [0.15, 0.2) is 55.6 Å². The van der Waals surface area contributed by atoms with Crippen LogP contribution in [0.3, 0.4) is 0 Å². The molecule has 3 fully saturated rings. The molecule has 9 heteroatoms. The Morgan fingerprint density at radius 1 is 1.18 bits per heavy atom. The van der Waals surface area contributed by atoms with Crippen molar-refractivity contribution in [2.45, 2.75) is 106 Å². The van der Waals surface area contributed by atoms with E-state index in [-0.39, 0.29) is 46.5 Å². The second-order valence-electron chi connectivity index (χ2n) is 14.7. The summed E-state index contributed by atoms with van der Waals surface area (Å²) in [5.41, 5.74) is 0.366. The summed E-state index contributed by atoms with van der Waals surface area (Å²) in [6.07, 6.45) is 7.74. The zero-order valence-electron chi connectivity index (χ0n) is 27.5. The summed E-state index contributed by atoms with van der Waals surface area (Å²) >= 11 is 5.45. The van der Waals surface area contributed by atoms with E-state index in [9.17, 15) is 14.7 Å². The molecule has 4 rings (SSSR count). The maximum absolute atomic E-state index is 15.1. The minimum atomic E-state index is -0.851. The third-order valence-electron chi connectivity index (χ3n) is 9.47. The molecule has 1 aromatic rings. The number of carbonyl (C=O) groups is 3. The Morgan fingerprint density at radius 2 is 1.87 bits per heavy atom. The zero-order valence-corrected chi connectivity index (χ0v) is 29.9. The van der Waals surface area contributed by atoms with Gasteiger partial charge in [0.1, 0.15) is 6.04 Å². The molecule has 248 valence electrons. The van der Waals surface area contributed by atoms with Crippen molar-refractivity contribution in [2.75, 3.05) is 19.8 Å². The van der Waals surface area contributed by atoms with E-state index in [0.717, 1.165) is 31.2 Å². The Morgan fingerprint density at radius 3 is 2.47 bits per heavy atom. The van der Waals surface area contributed by atoms with E-state index in [2.05, 4.69) is 63.7 Å². The van der Waals surface area contributed by atoms with Crippen LogP contribution < -0.4 is 0 Å². The van der Waals surface area contributed by atoms with E-state index in [1.54, 1.807) is 22.7 Å². The SMILES string of the molecule is C=CCCCCOC(=O)[C@H]1[C@H]2C(=O)N([C@@H](CO)Cc3ccccc3)C(C(=O)N(CC=C)C(C)(C)CC(C)(C)C)C23CC(Br)[C@@H]1S3. The molecule has 3 unspecified atom stereocenters. The molecule has 1 spiro atoms. The number of rotatable bonds is 15. The highest BCUT2D eigenvalue weighted by molar-refractivity contribution is 9.09. The molecule has 1 aromatic carbocycles. The molecular weight excluding hydrogens is 652 g/mol. The first-order chi connectivity index (χ1) is 21.2. The lowest BCUT2D eigenvalue weighted by molar-refractivity contribution is -0.154. The number of unbranched alkanes of at least 4 members (excludes halogenated alkanes) is 2. The molecule has 1 N–H and O–H groups in total. The van der Waals surface area contributed by atoms with Gasteiger partial charge in [0.15, 0.2) is 0 Å². The van der Waals surface area contributed by atoms with Gasteiger partial charge in [-0.1, -0.05) is 79.2 Å². The van der Waals surface area contributed by atoms with Crippen molar-refractivity contribution in [3.05, 3.63) is 61.2 Å². The summed E-state index contributed by atoms with van der Waals surface area (Å²) in [4.78, 5) is 47.1. The quantitative estimate of drug-likeness (QED) is 0.102. The number of halogens is 1. The number of thioether (sulfide) groups is 1. The van der Waals surface area contributed by atoms with Gasteiger partial charge in [-0.2, -0.15) is 0 Å². The second kappa shape index (κ2) is 14.3. The molecule has 0 saturated carbocycles. The van der Waals surface area contributed by atoms with Crippen molar-refractivity contribution in [1.82, 2.24) is 9.80 Å². The fraction of sp³-hybridized carbons (Fsp3) is 0.639. The first kappa shape index (κ1) is 35.7. The van der Waals surface area contributed by atoms with Gasteiger partial charge in [-0.05, 0) is 63.4 Å². The first-order valence-corrected chi connectivity index (χ1v) is 18.0. The van der Waals surface area contributed by atoms with Crippen LogP contribution >= 0.6 is 27.7 Å². The van der Waals surface area contributed by atoms with Crippen LogP contribution in [0.2, 0.25) is 0 Å². The van der Waals surface area contributed by atoms with Gasteiger partial charge in [-0.3, -0.25) is 14.4 Å². The average molecular weight is 704 g/mol. The van der Waals surface area contributed by atoms with E-state index in [0.29, 0.717) is 19.4 Å². The molecule has 3 aliphatic heterocycles. The molecule has 7 atom stereocenters. The molecule has 2 amide bonds. The van der Waals surface area contributed by atoms with Crippen molar-refractivity contribution in [3.63, 3.8) is 0 Å². The van der Waals surface area contributed by atoms with Gasteiger partial charge in [0.2, 0.25) is 11.8 Å². The third-order valence-corrected chi connectivity index (χ3v) is 12.7. The van der Waals surface area contributed by atoms with E-state index in [1.807, 2.05) is 41.3 Å². The minimum absolute atomic E-state index is 0.0574. The molecule has 2 bridgehead atoms. The van der Waals surface area contributed by atoms with Gasteiger partial charge in [-0.15, -0.1) is 24.9 Å². The lowest BCUT2D eigenvalue weighted by Gasteiger charge is -2.46. The van der Waals surface area contributed by atoms with Crippen LogP contribution in [0.25, 0.3) is 0 Å². The second-order valence-corrected chi connectivity index (χ2v) is 17.4. The Bertz CT molecular complexity index is 1250. The number of aliphatic hydroxyl groups excluding tert-OH is 1. The molecule has 3 aliphatic rings. The monoisotopic (exact) mass is 702 g/mol. The molecule has 0 aromatic heterocycles. The molecular formula is C36H51BrN2O5S. The highest BCUT2D eigenvalue weighted by Crippen LogP contribution is 2.68. The van der Waals surface area contributed by atoms with E-state index in [1.165, 1.54) is 0 Å². The number of esters is 1. The lowest BCUT2D eigenvalue weighted by atomic mass is 9.70. The van der Waals surface area contributed by atoms with Crippen LogP contribution in [0.5, 0.6) is 0 Å². The lowest BCUT2D eigenvalue weighted by Crippen LogP contribution is -2.62. The maximum Gasteiger partial charge on any atom is 0.310 e. The smallest absolute Gasteiger partial charge is 0.310 e. The van der Waals surface area contributed by atoms with Crippen molar-refractivity contribution < 1.29 is 24.2 Å². The van der Waals surface area contributed by atoms with Crippen LogP contribution in [0, 0.1) is 17.3 Å². The first-order valence-electron chi connectivity index (χ1n) is 16.2. The highest BCUT2D eigenvalue weighted by atomic mass is 79.9. The van der Waals surface area contributed by atoms with Crippen molar-refractivity contribution in [2.24, 2.45) is 17.3 Å². The predicted molar refractivity (Wildman–Crippen MR) is 185 cm³/mol. The number of amides is 2. The van der Waals surface area contributed by atoms with Crippen LogP contribution in [0.1, 0.15) is 72.3 Å². The van der Waals surface area contributed by atoms with Gasteiger partial charge in [-0.25, -0.2) is 0 Å². The van der Waals surface area contributed by atoms with E-state index in [4.69, 9.17) is 4.74 Å². The number of nitrogens with zero attached hydrogens (tertiary/aromatic N) is 2. The minimum Gasteiger partial charge on any atom is -0.465 e. The molecule has 3 heterocycles. The largest absolute Gasteiger partial charge is 0.465 e. The zero-order chi connectivity index (χ0) is 33.2. The Balaban J connectivity index is 1.78. The van der Waals surface area contributed by atoms with E-state index < -0.39 is 34.2 Å². The number of benzene rings is 1. The number of hydrogen-bond acceptors (Lipinski definition) is 6. The summed E-state index contributed by atoms with van der Waals surface area (Å²) in [6.45, 7) is 18.7. The van der Waals surface area contributed by atoms with Crippen LogP contribution in [0.4, 0.5) is 0 Å². The fourth-order valence-electron chi connectivity index (χ4n) is 8.11. The normalized spacial score (nSPS) is 28.1. The number of likely N-dealkylation sites (tertiary alicyclic amines) is 1. The summed E-state index contributed by atoms with van der Waals surface area (Å²) in [7, 11) is 0. The third kappa shape index (κ3) is 7.25. The number of aliphatic hydroxyl groups is 1. The number of alkyl halides is 1. The highest BCUT2D eigenvalue weighted by Gasteiger charge is 2.77. The van der Waals surface area contributed by atoms with E-state index >= 15 is 4.79 Å². The van der Waals surface area contributed by atoms with Crippen molar-refractivity contribution >= 4 is 45.5 Å². The summed E-state index contributed by atoms with van der Waals surface area (Å²) < 4.78 is 4.97. The Hall–Kier alpha value is -2.10. The van der Waals surface area contributed by atoms with Gasteiger partial charge < -0.3 is 19.6 Å².